The Morgan fingerprint density at radius 1 is 1.23 bits per heavy atom. The van der Waals surface area contributed by atoms with Crippen LogP contribution < -0.4 is 10.6 Å². The van der Waals surface area contributed by atoms with Crippen molar-refractivity contribution in [1.82, 2.24) is 10.6 Å². The first-order chi connectivity index (χ1) is 10.4. The highest BCUT2D eigenvalue weighted by molar-refractivity contribution is 5.91. The van der Waals surface area contributed by atoms with Gasteiger partial charge in [0.25, 0.3) is 0 Å². The number of benzene rings is 1. The van der Waals surface area contributed by atoms with Gasteiger partial charge in [-0.05, 0) is 50.4 Å². The van der Waals surface area contributed by atoms with E-state index in [2.05, 4.69) is 10.6 Å². The van der Waals surface area contributed by atoms with Gasteiger partial charge in [0, 0.05) is 6.04 Å². The van der Waals surface area contributed by atoms with Crippen molar-refractivity contribution in [2.45, 2.75) is 43.3 Å². The van der Waals surface area contributed by atoms with Crippen molar-refractivity contribution in [2.24, 2.45) is 0 Å². The average molecular weight is 312 g/mol. The van der Waals surface area contributed by atoms with Gasteiger partial charge >= 0.3 is 6.18 Å². The zero-order valence-corrected chi connectivity index (χ0v) is 12.2. The summed E-state index contributed by atoms with van der Waals surface area (Å²) >= 11 is 0. The van der Waals surface area contributed by atoms with Gasteiger partial charge in [0.15, 0.2) is 0 Å². The topological polar surface area (TPSA) is 41.1 Å². The van der Waals surface area contributed by atoms with Crippen molar-refractivity contribution in [2.75, 3.05) is 13.1 Å². The van der Waals surface area contributed by atoms with Gasteiger partial charge in [-0.2, -0.15) is 13.2 Å². The molecule has 1 aromatic carbocycles. The van der Waals surface area contributed by atoms with Gasteiger partial charge in [-0.3, -0.25) is 4.79 Å². The smallest absolute Gasteiger partial charge is 0.353 e. The van der Waals surface area contributed by atoms with E-state index in [1.807, 2.05) is 0 Å². The lowest BCUT2D eigenvalue weighted by molar-refractivity contribution is -0.137. The molecule has 22 heavy (non-hydrogen) atoms. The van der Waals surface area contributed by atoms with E-state index in [9.17, 15) is 18.0 Å². The quantitative estimate of drug-likeness (QED) is 0.901. The third-order valence-electron chi connectivity index (χ3n) is 4.60. The maximum Gasteiger partial charge on any atom is 0.416 e. The monoisotopic (exact) mass is 312 g/mol. The molecule has 1 saturated carbocycles. The molecule has 1 aromatic rings. The van der Waals surface area contributed by atoms with E-state index in [1.165, 1.54) is 6.07 Å². The first-order valence-electron chi connectivity index (χ1n) is 7.61. The molecule has 1 aliphatic carbocycles. The molecule has 2 aliphatic rings. The second kappa shape index (κ2) is 5.57. The summed E-state index contributed by atoms with van der Waals surface area (Å²) in [5.41, 5.74) is -0.966. The Balaban J connectivity index is 1.76. The Kier molecular flexibility index (Phi) is 3.89. The van der Waals surface area contributed by atoms with Gasteiger partial charge in [0.2, 0.25) is 5.91 Å². The fourth-order valence-electron chi connectivity index (χ4n) is 3.05. The summed E-state index contributed by atoms with van der Waals surface area (Å²) in [6.45, 7) is 1.73. The molecule has 2 N–H and O–H groups in total. The molecule has 1 amide bonds. The molecule has 2 fully saturated rings. The summed E-state index contributed by atoms with van der Waals surface area (Å²) in [5, 5.41) is 6.24. The molecule has 120 valence electrons. The number of nitrogens with one attached hydrogen (secondary N) is 2. The third kappa shape index (κ3) is 2.97. The highest BCUT2D eigenvalue weighted by atomic mass is 19.4. The van der Waals surface area contributed by atoms with Crippen LogP contribution in [0.1, 0.15) is 36.8 Å². The van der Waals surface area contributed by atoms with Crippen LogP contribution in [0.3, 0.4) is 0 Å². The summed E-state index contributed by atoms with van der Waals surface area (Å²) < 4.78 is 38.5. The zero-order chi connectivity index (χ0) is 15.8. The van der Waals surface area contributed by atoms with E-state index in [0.29, 0.717) is 18.4 Å². The van der Waals surface area contributed by atoms with Crippen LogP contribution in [0.5, 0.6) is 0 Å². The summed E-state index contributed by atoms with van der Waals surface area (Å²) in [7, 11) is 0. The predicted octanol–water partition coefficient (Wildman–Crippen LogP) is 2.61. The summed E-state index contributed by atoms with van der Waals surface area (Å²) in [5.74, 6) is -0.126. The first kappa shape index (κ1) is 15.3. The van der Waals surface area contributed by atoms with Crippen LogP contribution in [0, 0.1) is 0 Å². The number of hydrogen-bond acceptors (Lipinski definition) is 2. The van der Waals surface area contributed by atoms with Crippen molar-refractivity contribution in [3.63, 3.8) is 0 Å². The largest absolute Gasteiger partial charge is 0.416 e. The van der Waals surface area contributed by atoms with Gasteiger partial charge in [-0.25, -0.2) is 0 Å². The number of halogens is 3. The van der Waals surface area contributed by atoms with Gasteiger partial charge in [-0.1, -0.05) is 18.2 Å². The van der Waals surface area contributed by atoms with Gasteiger partial charge in [0.1, 0.15) is 0 Å². The SMILES string of the molecule is O=C(NC1CCNCC1)C1(c2cccc(C(F)(F)F)c2)CC1. The maximum atomic E-state index is 12.8. The molecule has 0 unspecified atom stereocenters. The van der Waals surface area contributed by atoms with Crippen LogP contribution in [-0.2, 0) is 16.4 Å². The molecular weight excluding hydrogens is 293 g/mol. The highest BCUT2D eigenvalue weighted by Crippen LogP contribution is 2.49. The molecule has 0 atom stereocenters. The van der Waals surface area contributed by atoms with E-state index in [4.69, 9.17) is 0 Å². The minimum Gasteiger partial charge on any atom is -0.353 e. The highest BCUT2D eigenvalue weighted by Gasteiger charge is 2.52. The molecule has 3 rings (SSSR count). The number of carbonyl (C=O) groups is 1. The van der Waals surface area contributed by atoms with Gasteiger partial charge in [-0.15, -0.1) is 0 Å². The zero-order valence-electron chi connectivity index (χ0n) is 12.2. The summed E-state index contributed by atoms with van der Waals surface area (Å²) in [6, 6.07) is 5.30. The Labute approximate surface area is 127 Å². The molecule has 0 aromatic heterocycles. The number of amides is 1. The second-order valence-corrected chi connectivity index (χ2v) is 6.16. The van der Waals surface area contributed by atoms with E-state index < -0.39 is 17.2 Å². The lowest BCUT2D eigenvalue weighted by Gasteiger charge is -2.26. The fraction of sp³-hybridized carbons (Fsp3) is 0.562. The maximum absolute atomic E-state index is 12.8. The molecule has 1 aliphatic heterocycles. The van der Waals surface area contributed by atoms with E-state index in [1.54, 1.807) is 6.07 Å². The number of hydrogen-bond donors (Lipinski definition) is 2. The fourth-order valence-corrected chi connectivity index (χ4v) is 3.05. The minimum atomic E-state index is -4.38. The number of piperidine rings is 1. The molecule has 1 heterocycles. The van der Waals surface area contributed by atoms with Gasteiger partial charge in [0.05, 0.1) is 11.0 Å². The molecule has 0 bridgehead atoms. The van der Waals surface area contributed by atoms with Crippen LogP contribution in [0.2, 0.25) is 0 Å². The molecule has 1 saturated heterocycles. The molecular formula is C16H19F3N2O. The van der Waals surface area contributed by atoms with Crippen LogP contribution in [0.4, 0.5) is 13.2 Å². The molecule has 3 nitrogen and oxygen atoms in total. The Hall–Kier alpha value is -1.56. The second-order valence-electron chi connectivity index (χ2n) is 6.16. The lowest BCUT2D eigenvalue weighted by Crippen LogP contribution is -2.46. The lowest BCUT2D eigenvalue weighted by atomic mass is 9.92. The Morgan fingerprint density at radius 2 is 1.91 bits per heavy atom. The first-order valence-corrected chi connectivity index (χ1v) is 7.61. The van der Waals surface area contributed by atoms with Crippen LogP contribution in [-0.4, -0.2) is 25.0 Å². The van der Waals surface area contributed by atoms with Crippen molar-refractivity contribution >= 4 is 5.91 Å². The molecule has 6 heteroatoms. The summed E-state index contributed by atoms with van der Waals surface area (Å²) in [6.07, 6.45) is -1.41. The van der Waals surface area contributed by atoms with Crippen LogP contribution in [0.15, 0.2) is 24.3 Å². The van der Waals surface area contributed by atoms with Crippen LogP contribution in [0.25, 0.3) is 0 Å². The summed E-state index contributed by atoms with van der Waals surface area (Å²) in [4.78, 5) is 12.5. The number of alkyl halides is 3. The minimum absolute atomic E-state index is 0.122. The van der Waals surface area contributed by atoms with Crippen molar-refractivity contribution in [1.29, 1.82) is 0 Å². The van der Waals surface area contributed by atoms with E-state index in [-0.39, 0.29) is 11.9 Å². The number of rotatable bonds is 3. The van der Waals surface area contributed by atoms with Gasteiger partial charge < -0.3 is 10.6 Å². The van der Waals surface area contributed by atoms with Crippen molar-refractivity contribution in [3.8, 4) is 0 Å². The predicted molar refractivity (Wildman–Crippen MR) is 76.4 cm³/mol. The Morgan fingerprint density at radius 3 is 2.50 bits per heavy atom. The third-order valence-corrected chi connectivity index (χ3v) is 4.60. The molecule has 0 spiro atoms. The van der Waals surface area contributed by atoms with Crippen LogP contribution >= 0.6 is 0 Å². The van der Waals surface area contributed by atoms with Crippen molar-refractivity contribution < 1.29 is 18.0 Å². The van der Waals surface area contributed by atoms with Crippen molar-refractivity contribution in [3.05, 3.63) is 35.4 Å². The standard InChI is InChI=1S/C16H19F3N2O/c17-16(18,19)12-3-1-2-11(10-12)15(6-7-15)14(22)21-13-4-8-20-9-5-13/h1-3,10,13,20H,4-9H2,(H,21,22). The van der Waals surface area contributed by atoms with E-state index >= 15 is 0 Å². The van der Waals surface area contributed by atoms with E-state index in [0.717, 1.165) is 38.1 Å². The Bertz CT molecular complexity index is 561. The normalized spacial score (nSPS) is 21.4. The number of carbonyl (C=O) groups excluding carboxylic acids is 1. The molecule has 0 radical (unpaired) electrons. The average Bonchev–Trinajstić information content (AvgIpc) is 3.29.